The maximum absolute atomic E-state index is 12.1. The van der Waals surface area contributed by atoms with Crippen LogP contribution in [0.2, 0.25) is 0 Å². The Kier molecular flexibility index (Phi) is 4.22. The van der Waals surface area contributed by atoms with Gasteiger partial charge in [-0.2, -0.15) is 0 Å². The first-order valence-electron chi connectivity index (χ1n) is 6.36. The molecule has 1 aromatic carbocycles. The summed E-state index contributed by atoms with van der Waals surface area (Å²) in [6.07, 6.45) is 2.08. The molecule has 0 aliphatic carbocycles. The summed E-state index contributed by atoms with van der Waals surface area (Å²) in [6, 6.07) is 5.14. The average Bonchev–Trinajstić information content (AvgIpc) is 2.42. The van der Waals surface area contributed by atoms with E-state index in [4.69, 9.17) is 5.73 Å². The minimum Gasteiger partial charge on any atom is -0.384 e. The number of aryl methyl sites for hydroxylation is 1. The second kappa shape index (κ2) is 6.08. The maximum Gasteiger partial charge on any atom is 0.312 e. The van der Waals surface area contributed by atoms with Crippen LogP contribution in [0.25, 0.3) is 0 Å². The molecule has 2 rings (SSSR count). The number of rotatable bonds is 4. The molecule has 5 N–H and O–H groups in total. The Bertz CT molecular complexity index is 488. The predicted molar refractivity (Wildman–Crippen MR) is 73.2 cm³/mol. The van der Waals surface area contributed by atoms with E-state index in [0.717, 1.165) is 25.1 Å². The van der Waals surface area contributed by atoms with Crippen molar-refractivity contribution in [2.45, 2.75) is 12.8 Å². The predicted octanol–water partition coefficient (Wildman–Crippen LogP) is 0.443. The topological polar surface area (TPSA) is 96.2 Å². The number of benzene rings is 1. The van der Waals surface area contributed by atoms with E-state index in [2.05, 4.69) is 16.0 Å². The van der Waals surface area contributed by atoms with E-state index in [-0.39, 0.29) is 5.91 Å². The Morgan fingerprint density at radius 2 is 2.05 bits per heavy atom. The molecule has 0 spiro atoms. The lowest BCUT2D eigenvalue weighted by Crippen LogP contribution is -2.37. The van der Waals surface area contributed by atoms with Crippen molar-refractivity contribution in [1.82, 2.24) is 10.6 Å². The van der Waals surface area contributed by atoms with Crippen LogP contribution in [-0.4, -0.2) is 31.6 Å². The summed E-state index contributed by atoms with van der Waals surface area (Å²) in [5, 5.41) is 8.45. The maximum atomic E-state index is 12.1. The Labute approximate surface area is 111 Å². The van der Waals surface area contributed by atoms with Gasteiger partial charge in [0.05, 0.1) is 11.3 Å². The van der Waals surface area contributed by atoms with Gasteiger partial charge in [-0.25, -0.2) is 4.79 Å². The van der Waals surface area contributed by atoms with Crippen molar-refractivity contribution in [2.75, 3.05) is 25.0 Å². The fourth-order valence-corrected chi connectivity index (χ4v) is 2.16. The molecule has 19 heavy (non-hydrogen) atoms. The molecule has 0 saturated heterocycles. The Balaban J connectivity index is 1.97. The summed E-state index contributed by atoms with van der Waals surface area (Å²) >= 11 is 0. The molecule has 1 heterocycles. The van der Waals surface area contributed by atoms with Gasteiger partial charge in [-0.3, -0.25) is 4.79 Å². The molecule has 1 aliphatic rings. The molecule has 0 bridgehead atoms. The van der Waals surface area contributed by atoms with Crippen LogP contribution in [0.1, 0.15) is 22.3 Å². The zero-order chi connectivity index (χ0) is 13.7. The minimum absolute atomic E-state index is 0.141. The van der Waals surface area contributed by atoms with Gasteiger partial charge in [0.25, 0.3) is 5.91 Å². The zero-order valence-corrected chi connectivity index (χ0v) is 10.7. The molecular formula is C13H18N4O2. The van der Waals surface area contributed by atoms with Crippen LogP contribution < -0.4 is 21.7 Å². The van der Waals surface area contributed by atoms with Crippen LogP contribution in [0, 0.1) is 0 Å². The number of primary amides is 1. The van der Waals surface area contributed by atoms with Gasteiger partial charge in [0.1, 0.15) is 0 Å². The van der Waals surface area contributed by atoms with E-state index in [1.54, 1.807) is 6.07 Å². The van der Waals surface area contributed by atoms with Crippen LogP contribution in [-0.2, 0) is 6.42 Å². The van der Waals surface area contributed by atoms with Crippen molar-refractivity contribution in [3.63, 3.8) is 0 Å². The molecule has 6 nitrogen and oxygen atoms in total. The molecular weight excluding hydrogens is 244 g/mol. The van der Waals surface area contributed by atoms with Crippen LogP contribution >= 0.6 is 0 Å². The largest absolute Gasteiger partial charge is 0.384 e. The molecule has 0 fully saturated rings. The SMILES string of the molecule is NC(=O)NCCNC(=O)c1cccc2c1NCCC2. The second-order valence-corrected chi connectivity index (χ2v) is 4.42. The number of carbonyl (C=O) groups excluding carboxylic acids is 2. The van der Waals surface area contributed by atoms with Crippen LogP contribution in [0.15, 0.2) is 18.2 Å². The number of fused-ring (bicyclic) bond motifs is 1. The summed E-state index contributed by atoms with van der Waals surface area (Å²) in [5.74, 6) is -0.141. The third-order valence-corrected chi connectivity index (χ3v) is 3.03. The van der Waals surface area contributed by atoms with E-state index < -0.39 is 6.03 Å². The highest BCUT2D eigenvalue weighted by Gasteiger charge is 2.16. The Morgan fingerprint density at radius 1 is 1.26 bits per heavy atom. The smallest absolute Gasteiger partial charge is 0.312 e. The zero-order valence-electron chi connectivity index (χ0n) is 10.7. The van der Waals surface area contributed by atoms with E-state index in [0.29, 0.717) is 18.7 Å². The summed E-state index contributed by atoms with van der Waals surface area (Å²) in [5.41, 5.74) is 7.69. The van der Waals surface area contributed by atoms with Gasteiger partial charge in [-0.1, -0.05) is 12.1 Å². The number of hydrogen-bond donors (Lipinski definition) is 4. The number of anilines is 1. The van der Waals surface area contributed by atoms with Crippen LogP contribution in [0.4, 0.5) is 10.5 Å². The number of urea groups is 1. The van der Waals surface area contributed by atoms with Gasteiger partial charge in [0.15, 0.2) is 0 Å². The van der Waals surface area contributed by atoms with Crippen LogP contribution in [0.3, 0.4) is 0 Å². The highest BCUT2D eigenvalue weighted by molar-refractivity contribution is 6.00. The van der Waals surface area contributed by atoms with Gasteiger partial charge in [0.2, 0.25) is 0 Å². The lowest BCUT2D eigenvalue weighted by atomic mass is 9.99. The monoisotopic (exact) mass is 262 g/mol. The molecule has 6 heteroatoms. The minimum atomic E-state index is -0.590. The highest BCUT2D eigenvalue weighted by atomic mass is 16.2. The van der Waals surface area contributed by atoms with Crippen molar-refractivity contribution in [3.05, 3.63) is 29.3 Å². The van der Waals surface area contributed by atoms with Crippen molar-refractivity contribution in [2.24, 2.45) is 5.73 Å². The fourth-order valence-electron chi connectivity index (χ4n) is 2.16. The van der Waals surface area contributed by atoms with Crippen molar-refractivity contribution < 1.29 is 9.59 Å². The highest BCUT2D eigenvalue weighted by Crippen LogP contribution is 2.25. The van der Waals surface area contributed by atoms with Crippen LogP contribution in [0.5, 0.6) is 0 Å². The lowest BCUT2D eigenvalue weighted by Gasteiger charge is -2.20. The van der Waals surface area contributed by atoms with Gasteiger partial charge in [-0.15, -0.1) is 0 Å². The molecule has 0 atom stereocenters. The first-order valence-corrected chi connectivity index (χ1v) is 6.36. The average molecular weight is 262 g/mol. The van der Waals surface area contributed by atoms with E-state index in [1.165, 1.54) is 5.56 Å². The number of nitrogens with one attached hydrogen (secondary N) is 3. The Hall–Kier alpha value is -2.24. The van der Waals surface area contributed by atoms with Gasteiger partial charge in [-0.05, 0) is 24.5 Å². The molecule has 0 aromatic heterocycles. The summed E-state index contributed by atoms with van der Waals surface area (Å²) in [7, 11) is 0. The first-order chi connectivity index (χ1) is 9.18. The van der Waals surface area contributed by atoms with Crippen molar-refractivity contribution in [1.29, 1.82) is 0 Å². The quantitative estimate of drug-likeness (QED) is 0.593. The van der Waals surface area contributed by atoms with E-state index in [1.807, 2.05) is 12.1 Å². The summed E-state index contributed by atoms with van der Waals surface area (Å²) in [4.78, 5) is 22.6. The number of carbonyl (C=O) groups is 2. The van der Waals surface area contributed by atoms with E-state index >= 15 is 0 Å². The van der Waals surface area contributed by atoms with E-state index in [9.17, 15) is 9.59 Å². The van der Waals surface area contributed by atoms with Gasteiger partial charge < -0.3 is 21.7 Å². The fraction of sp³-hybridized carbons (Fsp3) is 0.385. The number of amides is 3. The number of nitrogens with two attached hydrogens (primary N) is 1. The molecule has 1 aliphatic heterocycles. The van der Waals surface area contributed by atoms with Gasteiger partial charge in [0, 0.05) is 19.6 Å². The molecule has 102 valence electrons. The third-order valence-electron chi connectivity index (χ3n) is 3.03. The summed E-state index contributed by atoms with van der Waals surface area (Å²) in [6.45, 7) is 1.56. The van der Waals surface area contributed by atoms with Crippen molar-refractivity contribution >= 4 is 17.6 Å². The lowest BCUT2D eigenvalue weighted by molar-refractivity contribution is 0.0954. The normalized spacial score (nSPS) is 13.1. The molecule has 0 radical (unpaired) electrons. The summed E-state index contributed by atoms with van der Waals surface area (Å²) < 4.78 is 0. The first kappa shape index (κ1) is 13.2. The number of para-hydroxylation sites is 1. The molecule has 0 unspecified atom stereocenters. The molecule has 0 saturated carbocycles. The third kappa shape index (κ3) is 3.37. The number of hydrogen-bond acceptors (Lipinski definition) is 3. The van der Waals surface area contributed by atoms with Gasteiger partial charge >= 0.3 is 6.03 Å². The molecule has 3 amide bonds. The standard InChI is InChI=1S/C13H18N4O2/c14-13(19)17-8-7-16-12(18)10-5-1-3-9-4-2-6-15-11(9)10/h1,3,5,15H,2,4,6-8H2,(H,16,18)(H3,14,17,19). The second-order valence-electron chi connectivity index (χ2n) is 4.42. The van der Waals surface area contributed by atoms with Crippen molar-refractivity contribution in [3.8, 4) is 0 Å². The Morgan fingerprint density at radius 3 is 2.84 bits per heavy atom. The molecule has 1 aromatic rings.